The number of benzene rings is 1. The summed E-state index contributed by atoms with van der Waals surface area (Å²) in [4.78, 5) is 25.4. The first kappa shape index (κ1) is 40.4. The fourth-order valence-electron chi connectivity index (χ4n) is 4.55. The Bertz CT molecular complexity index is 1200. The van der Waals surface area contributed by atoms with E-state index in [9.17, 15) is 9.59 Å². The molecule has 1 rings (SSSR count). The maximum absolute atomic E-state index is 12.9. The van der Waals surface area contributed by atoms with Crippen molar-refractivity contribution in [3.8, 4) is 5.75 Å². The summed E-state index contributed by atoms with van der Waals surface area (Å²) in [6.07, 6.45) is 34.6. The summed E-state index contributed by atoms with van der Waals surface area (Å²) in [6.45, 7) is 15.0. The molecule has 1 aromatic rings. The van der Waals surface area contributed by atoms with Crippen LogP contribution < -0.4 is 15.4 Å². The number of rotatable bonds is 23. The van der Waals surface area contributed by atoms with E-state index in [-0.39, 0.29) is 11.8 Å². The predicted molar refractivity (Wildman–Crippen MR) is 197 cm³/mol. The molecule has 0 aromatic heterocycles. The molecule has 0 aliphatic heterocycles. The molecule has 0 saturated carbocycles. The summed E-state index contributed by atoms with van der Waals surface area (Å²) < 4.78 is 5.96. The first-order chi connectivity index (χ1) is 22.0. The molecule has 0 heterocycles. The van der Waals surface area contributed by atoms with E-state index in [2.05, 4.69) is 110 Å². The van der Waals surface area contributed by atoms with Gasteiger partial charge in [-0.1, -0.05) is 106 Å². The minimum Gasteiger partial charge on any atom is -0.493 e. The highest BCUT2D eigenvalue weighted by molar-refractivity contribution is 5.82. The van der Waals surface area contributed by atoms with Crippen LogP contribution in [-0.2, 0) is 9.59 Å². The van der Waals surface area contributed by atoms with Crippen molar-refractivity contribution in [3.63, 3.8) is 0 Å². The van der Waals surface area contributed by atoms with Crippen molar-refractivity contribution in [2.75, 3.05) is 13.2 Å². The van der Waals surface area contributed by atoms with E-state index in [4.69, 9.17) is 4.74 Å². The lowest BCUT2D eigenvalue weighted by atomic mass is 9.86. The standard InChI is InChI=1S/C41H62N2O3/c1-8-9-10-11-12-13-14-15-16-17-18-19-20-21-22-23-24-25-26-28-38(44)43-41(6,7)34-42-39(45)40(4,5)31-27-32-46-37-33-35(2)29-30-36(37)3/h9-10,12-13,15-16,18-19,21-22,24-25,29-30,33H,8,11,14,17,20,23,26-28,31-32,34H2,1-7H3,(H,42,45)(H,43,44)/b10-9-,13-12-,16-15-,19-18-,22-21-,25-24-. The van der Waals surface area contributed by atoms with Crippen molar-refractivity contribution in [2.24, 2.45) is 5.41 Å². The number of nitrogens with one attached hydrogen (secondary N) is 2. The molecule has 0 bridgehead atoms. The van der Waals surface area contributed by atoms with Crippen molar-refractivity contribution in [1.29, 1.82) is 0 Å². The van der Waals surface area contributed by atoms with Gasteiger partial charge in [0.2, 0.25) is 11.8 Å². The Morgan fingerprint density at radius 2 is 1.28 bits per heavy atom. The Labute approximate surface area is 281 Å². The number of carbonyl (C=O) groups excluding carboxylic acids is 2. The second-order valence-electron chi connectivity index (χ2n) is 13.2. The molecule has 5 heteroatoms. The van der Waals surface area contributed by atoms with Crippen LogP contribution in [0.25, 0.3) is 0 Å². The molecule has 0 saturated heterocycles. The van der Waals surface area contributed by atoms with Crippen LogP contribution in [0.3, 0.4) is 0 Å². The lowest BCUT2D eigenvalue weighted by molar-refractivity contribution is -0.130. The maximum atomic E-state index is 12.9. The molecule has 0 aliphatic rings. The predicted octanol–water partition coefficient (Wildman–Crippen LogP) is 9.98. The van der Waals surface area contributed by atoms with Crippen molar-refractivity contribution >= 4 is 11.8 Å². The third kappa shape index (κ3) is 20.4. The van der Waals surface area contributed by atoms with Crippen LogP contribution in [0.4, 0.5) is 0 Å². The third-order valence-corrected chi connectivity index (χ3v) is 7.47. The van der Waals surface area contributed by atoms with Gasteiger partial charge >= 0.3 is 0 Å². The maximum Gasteiger partial charge on any atom is 0.225 e. The van der Waals surface area contributed by atoms with E-state index in [1.54, 1.807) is 0 Å². The fraction of sp³-hybridized carbons (Fsp3) is 0.512. The van der Waals surface area contributed by atoms with Crippen LogP contribution in [0.5, 0.6) is 5.75 Å². The summed E-state index contributed by atoms with van der Waals surface area (Å²) in [5.41, 5.74) is 1.22. The summed E-state index contributed by atoms with van der Waals surface area (Å²) >= 11 is 0. The van der Waals surface area contributed by atoms with Crippen molar-refractivity contribution in [2.45, 2.75) is 118 Å². The quantitative estimate of drug-likeness (QED) is 0.0934. The second kappa shape index (κ2) is 23.7. The largest absolute Gasteiger partial charge is 0.493 e. The second-order valence-corrected chi connectivity index (χ2v) is 13.2. The number of carbonyl (C=O) groups is 2. The van der Waals surface area contributed by atoms with E-state index in [1.165, 1.54) is 5.56 Å². The van der Waals surface area contributed by atoms with Crippen molar-refractivity contribution < 1.29 is 14.3 Å². The molecule has 2 N–H and O–H groups in total. The number of allylic oxidation sites excluding steroid dienone is 12. The molecular weight excluding hydrogens is 568 g/mol. The highest BCUT2D eigenvalue weighted by Crippen LogP contribution is 2.24. The van der Waals surface area contributed by atoms with Crippen LogP contribution in [0, 0.1) is 19.3 Å². The molecule has 0 radical (unpaired) electrons. The average Bonchev–Trinajstić information content (AvgIpc) is 3.00. The number of aryl methyl sites for hydroxylation is 2. The van der Waals surface area contributed by atoms with Crippen LogP contribution >= 0.6 is 0 Å². The highest BCUT2D eigenvalue weighted by Gasteiger charge is 2.29. The zero-order chi connectivity index (χ0) is 34.1. The Morgan fingerprint density at radius 1 is 0.761 bits per heavy atom. The normalized spacial score (nSPS) is 12.9. The van der Waals surface area contributed by atoms with Gasteiger partial charge in [0.15, 0.2) is 0 Å². The van der Waals surface area contributed by atoms with Crippen LogP contribution in [0.15, 0.2) is 91.1 Å². The molecule has 0 unspecified atom stereocenters. The van der Waals surface area contributed by atoms with Gasteiger partial charge in [0, 0.05) is 18.4 Å². The van der Waals surface area contributed by atoms with E-state index in [0.29, 0.717) is 32.4 Å². The van der Waals surface area contributed by atoms with E-state index < -0.39 is 11.0 Å². The molecule has 254 valence electrons. The fourth-order valence-corrected chi connectivity index (χ4v) is 4.55. The summed E-state index contributed by atoms with van der Waals surface area (Å²) in [5.74, 6) is 0.877. The van der Waals surface area contributed by atoms with Gasteiger partial charge in [-0.15, -0.1) is 0 Å². The zero-order valence-electron chi connectivity index (χ0n) is 29.9. The van der Waals surface area contributed by atoms with Gasteiger partial charge in [-0.3, -0.25) is 9.59 Å². The Hall–Kier alpha value is -3.60. The van der Waals surface area contributed by atoms with Crippen LogP contribution in [-0.4, -0.2) is 30.5 Å². The number of hydrogen-bond donors (Lipinski definition) is 2. The molecule has 0 spiro atoms. The van der Waals surface area contributed by atoms with Gasteiger partial charge < -0.3 is 15.4 Å². The lowest BCUT2D eigenvalue weighted by Crippen LogP contribution is -2.53. The van der Waals surface area contributed by atoms with E-state index >= 15 is 0 Å². The smallest absolute Gasteiger partial charge is 0.225 e. The lowest BCUT2D eigenvalue weighted by Gasteiger charge is -2.30. The Kier molecular flexibility index (Phi) is 20.8. The Balaban J connectivity index is 2.19. The first-order valence-corrected chi connectivity index (χ1v) is 17.2. The Morgan fingerprint density at radius 3 is 1.83 bits per heavy atom. The number of ether oxygens (including phenoxy) is 1. The molecule has 1 aromatic carbocycles. The van der Waals surface area contributed by atoms with E-state index in [1.807, 2.05) is 40.7 Å². The first-order valence-electron chi connectivity index (χ1n) is 17.2. The average molecular weight is 631 g/mol. The van der Waals surface area contributed by atoms with Gasteiger partial charge in [-0.05, 0) is 103 Å². The SMILES string of the molecule is CC/C=C\C/C=C\C/C=C\C/C=C\C/C=C\C/C=C\CCC(=O)NC(C)(C)CNC(=O)C(C)(C)CCCOc1cc(C)ccc1C. The summed E-state index contributed by atoms with van der Waals surface area (Å²) in [5, 5.41) is 6.11. The molecular formula is C41H62N2O3. The van der Waals surface area contributed by atoms with E-state index in [0.717, 1.165) is 56.3 Å². The molecule has 0 fully saturated rings. The van der Waals surface area contributed by atoms with Crippen molar-refractivity contribution in [3.05, 3.63) is 102 Å². The summed E-state index contributed by atoms with van der Waals surface area (Å²) in [7, 11) is 0. The third-order valence-electron chi connectivity index (χ3n) is 7.47. The van der Waals surface area contributed by atoms with Crippen LogP contribution in [0.1, 0.15) is 110 Å². The number of amides is 2. The van der Waals surface area contributed by atoms with Crippen molar-refractivity contribution in [1.82, 2.24) is 10.6 Å². The topological polar surface area (TPSA) is 67.4 Å². The van der Waals surface area contributed by atoms with Crippen LogP contribution in [0.2, 0.25) is 0 Å². The molecule has 2 amide bonds. The monoisotopic (exact) mass is 630 g/mol. The summed E-state index contributed by atoms with van der Waals surface area (Å²) in [6, 6.07) is 6.19. The minimum atomic E-state index is -0.535. The minimum absolute atomic E-state index is 0.0124. The van der Waals surface area contributed by atoms with Gasteiger partial charge in [0.1, 0.15) is 5.75 Å². The van der Waals surface area contributed by atoms with Gasteiger partial charge in [-0.2, -0.15) is 0 Å². The molecule has 46 heavy (non-hydrogen) atoms. The molecule has 5 nitrogen and oxygen atoms in total. The molecule has 0 aliphatic carbocycles. The number of hydrogen-bond acceptors (Lipinski definition) is 3. The highest BCUT2D eigenvalue weighted by atomic mass is 16.5. The van der Waals surface area contributed by atoms with Gasteiger partial charge in [-0.25, -0.2) is 0 Å². The zero-order valence-corrected chi connectivity index (χ0v) is 29.9. The van der Waals surface area contributed by atoms with Gasteiger partial charge in [0.05, 0.1) is 12.1 Å². The molecule has 0 atom stereocenters. The van der Waals surface area contributed by atoms with Gasteiger partial charge in [0.25, 0.3) is 0 Å².